The van der Waals surface area contributed by atoms with Crippen LogP contribution in [-0.2, 0) is 17.9 Å². The van der Waals surface area contributed by atoms with E-state index in [1.54, 1.807) is 18.4 Å². The van der Waals surface area contributed by atoms with Gasteiger partial charge in [-0.3, -0.25) is 4.90 Å². The number of nitrogens with two attached hydrogens (primary N) is 1. The lowest BCUT2D eigenvalue weighted by atomic mass is 9.95. The minimum absolute atomic E-state index is 0. The van der Waals surface area contributed by atoms with E-state index in [-0.39, 0.29) is 30.9 Å². The number of likely N-dealkylation sites (tertiary alicyclic amines) is 1. The zero-order valence-corrected chi connectivity index (χ0v) is 15.5. The topological polar surface area (TPSA) is 51.4 Å². The highest BCUT2D eigenvalue weighted by molar-refractivity contribution is 7.09. The van der Waals surface area contributed by atoms with Gasteiger partial charge in [-0.2, -0.15) is 0 Å². The molecular formula is C16H23Cl2N3OS. The van der Waals surface area contributed by atoms with Crippen molar-refractivity contribution in [3.63, 3.8) is 0 Å². The Balaban J connectivity index is 0.00000132. The molecule has 0 amide bonds. The maximum absolute atomic E-state index is 6.33. The van der Waals surface area contributed by atoms with Gasteiger partial charge in [0.25, 0.3) is 0 Å². The zero-order chi connectivity index (χ0) is 14.7. The van der Waals surface area contributed by atoms with Crippen molar-refractivity contribution >= 4 is 36.2 Å². The largest absolute Gasteiger partial charge is 0.378 e. The molecule has 128 valence electrons. The minimum Gasteiger partial charge on any atom is -0.378 e. The van der Waals surface area contributed by atoms with E-state index in [9.17, 15) is 0 Å². The van der Waals surface area contributed by atoms with Gasteiger partial charge >= 0.3 is 0 Å². The van der Waals surface area contributed by atoms with Crippen LogP contribution in [0, 0.1) is 0 Å². The molecule has 7 heteroatoms. The second-order valence-electron chi connectivity index (χ2n) is 5.54. The van der Waals surface area contributed by atoms with E-state index < -0.39 is 0 Å². The minimum atomic E-state index is 0. The highest BCUT2D eigenvalue weighted by atomic mass is 35.5. The molecule has 1 saturated heterocycles. The Morgan fingerprint density at radius 2 is 2.00 bits per heavy atom. The summed E-state index contributed by atoms with van der Waals surface area (Å²) < 4.78 is 5.12. The van der Waals surface area contributed by atoms with Crippen molar-refractivity contribution in [3.05, 3.63) is 52.0 Å². The zero-order valence-electron chi connectivity index (χ0n) is 13.1. The van der Waals surface area contributed by atoms with Crippen LogP contribution in [0.1, 0.15) is 22.2 Å². The summed E-state index contributed by atoms with van der Waals surface area (Å²) in [5, 5.41) is 3.16. The average Bonchev–Trinajstić information content (AvgIpc) is 3.07. The Kier molecular flexibility index (Phi) is 8.47. The molecule has 1 aliphatic rings. The van der Waals surface area contributed by atoms with Crippen molar-refractivity contribution in [2.45, 2.75) is 25.1 Å². The first-order valence-electron chi connectivity index (χ1n) is 7.21. The van der Waals surface area contributed by atoms with Crippen LogP contribution in [0.15, 0.2) is 35.7 Å². The van der Waals surface area contributed by atoms with Gasteiger partial charge in [-0.25, -0.2) is 4.98 Å². The highest BCUT2D eigenvalue weighted by Crippen LogP contribution is 2.27. The average molecular weight is 376 g/mol. The number of halogens is 2. The van der Waals surface area contributed by atoms with Crippen LogP contribution >= 0.6 is 36.2 Å². The first-order chi connectivity index (χ1) is 10.3. The number of ether oxygens (including phenoxy) is 1. The van der Waals surface area contributed by atoms with Crippen LogP contribution < -0.4 is 5.73 Å². The quantitative estimate of drug-likeness (QED) is 0.872. The molecule has 2 aromatic rings. The van der Waals surface area contributed by atoms with E-state index in [0.717, 1.165) is 30.3 Å². The van der Waals surface area contributed by atoms with Crippen molar-refractivity contribution < 1.29 is 4.74 Å². The Morgan fingerprint density at radius 3 is 2.70 bits per heavy atom. The monoisotopic (exact) mass is 375 g/mol. The van der Waals surface area contributed by atoms with Crippen molar-refractivity contribution in [1.82, 2.24) is 9.88 Å². The van der Waals surface area contributed by atoms with Crippen molar-refractivity contribution in [2.24, 2.45) is 5.73 Å². The normalized spacial score (nSPS) is 20.8. The molecule has 1 aromatic carbocycles. The van der Waals surface area contributed by atoms with Gasteiger partial charge in [0.15, 0.2) is 0 Å². The highest BCUT2D eigenvalue weighted by Gasteiger charge is 2.31. The molecule has 0 radical (unpaired) electrons. The first kappa shape index (κ1) is 20.4. The number of aromatic nitrogens is 1. The van der Waals surface area contributed by atoms with Gasteiger partial charge in [0.1, 0.15) is 5.01 Å². The molecule has 1 aliphatic heterocycles. The lowest BCUT2D eigenvalue weighted by Crippen LogP contribution is -2.28. The van der Waals surface area contributed by atoms with Gasteiger partial charge in [0, 0.05) is 44.1 Å². The fraction of sp³-hybridized carbons (Fsp3) is 0.438. The molecule has 2 atom stereocenters. The molecule has 0 aliphatic carbocycles. The number of nitrogens with zero attached hydrogens (tertiary/aromatic N) is 2. The summed E-state index contributed by atoms with van der Waals surface area (Å²) in [6.45, 7) is 3.40. The number of rotatable bonds is 5. The molecule has 4 nitrogen and oxygen atoms in total. The number of hydrogen-bond acceptors (Lipinski definition) is 5. The lowest BCUT2D eigenvalue weighted by Gasteiger charge is -2.15. The second-order valence-corrected chi connectivity index (χ2v) is 6.48. The van der Waals surface area contributed by atoms with Crippen LogP contribution in [-0.4, -0.2) is 36.1 Å². The molecule has 1 aromatic heterocycles. The Morgan fingerprint density at radius 1 is 1.26 bits per heavy atom. The lowest BCUT2D eigenvalue weighted by molar-refractivity contribution is 0.184. The van der Waals surface area contributed by atoms with E-state index >= 15 is 0 Å². The van der Waals surface area contributed by atoms with E-state index in [0.29, 0.717) is 12.5 Å². The van der Waals surface area contributed by atoms with Crippen LogP contribution in [0.2, 0.25) is 0 Å². The number of thiazole rings is 1. The van der Waals surface area contributed by atoms with E-state index in [1.165, 1.54) is 5.56 Å². The van der Waals surface area contributed by atoms with Crippen molar-refractivity contribution in [2.75, 3.05) is 20.2 Å². The molecular weight excluding hydrogens is 353 g/mol. The molecule has 0 saturated carbocycles. The SMILES string of the molecule is COCc1nc(CN2C[C@@H](N)[C@H](c3ccccc3)C2)cs1.Cl.Cl. The standard InChI is InChI=1S/C16H21N3OS.2ClH/c1-20-10-16-18-13(11-21-16)7-19-8-14(15(17)9-19)12-5-3-2-4-6-12;;/h2-6,11,14-15H,7-10,17H2,1H3;2*1H/t14-,15+;;/m0../s1. The Hall–Kier alpha value is -0.690. The fourth-order valence-corrected chi connectivity index (χ4v) is 3.69. The third kappa shape index (κ3) is 5.14. The molecule has 1 fully saturated rings. The van der Waals surface area contributed by atoms with Crippen LogP contribution in [0.25, 0.3) is 0 Å². The molecule has 0 spiro atoms. The van der Waals surface area contributed by atoms with Crippen molar-refractivity contribution in [1.29, 1.82) is 0 Å². The molecule has 0 bridgehead atoms. The number of hydrogen-bond donors (Lipinski definition) is 1. The maximum atomic E-state index is 6.33. The summed E-state index contributed by atoms with van der Waals surface area (Å²) in [5.41, 5.74) is 8.79. The predicted molar refractivity (Wildman–Crippen MR) is 99.8 cm³/mol. The van der Waals surface area contributed by atoms with Gasteiger partial charge in [0.2, 0.25) is 0 Å². The van der Waals surface area contributed by atoms with Crippen LogP contribution in [0.3, 0.4) is 0 Å². The number of benzene rings is 1. The summed E-state index contributed by atoms with van der Waals surface area (Å²) in [6, 6.07) is 10.8. The van der Waals surface area contributed by atoms with Gasteiger partial charge in [-0.15, -0.1) is 36.2 Å². The summed E-state index contributed by atoms with van der Waals surface area (Å²) in [5.74, 6) is 0.420. The summed E-state index contributed by atoms with van der Waals surface area (Å²) in [7, 11) is 1.70. The van der Waals surface area contributed by atoms with Crippen LogP contribution in [0.4, 0.5) is 0 Å². The number of methoxy groups -OCH3 is 1. The van der Waals surface area contributed by atoms with Crippen molar-refractivity contribution in [3.8, 4) is 0 Å². The fourth-order valence-electron chi connectivity index (χ4n) is 2.94. The molecule has 23 heavy (non-hydrogen) atoms. The molecule has 2 heterocycles. The summed E-state index contributed by atoms with van der Waals surface area (Å²) >= 11 is 1.66. The predicted octanol–water partition coefficient (Wildman–Crippen LogP) is 3.06. The molecule has 0 unspecified atom stereocenters. The Labute approximate surface area is 153 Å². The Bertz CT molecular complexity index is 582. The van der Waals surface area contributed by atoms with Crippen LogP contribution in [0.5, 0.6) is 0 Å². The second kappa shape index (κ2) is 9.57. The van der Waals surface area contributed by atoms with Gasteiger partial charge in [-0.05, 0) is 5.56 Å². The maximum Gasteiger partial charge on any atom is 0.119 e. The van der Waals surface area contributed by atoms with Gasteiger partial charge in [-0.1, -0.05) is 30.3 Å². The third-order valence-corrected chi connectivity index (χ3v) is 4.79. The van der Waals surface area contributed by atoms with Gasteiger partial charge in [0.05, 0.1) is 12.3 Å². The molecule has 2 N–H and O–H groups in total. The van der Waals surface area contributed by atoms with E-state index in [1.807, 2.05) is 6.07 Å². The molecule has 3 rings (SSSR count). The smallest absolute Gasteiger partial charge is 0.119 e. The third-order valence-electron chi connectivity index (χ3n) is 3.92. The van der Waals surface area contributed by atoms with E-state index in [4.69, 9.17) is 10.5 Å². The van der Waals surface area contributed by atoms with E-state index in [2.05, 4.69) is 39.5 Å². The summed E-state index contributed by atoms with van der Waals surface area (Å²) in [4.78, 5) is 6.99. The first-order valence-corrected chi connectivity index (χ1v) is 8.09. The summed E-state index contributed by atoms with van der Waals surface area (Å²) in [6.07, 6.45) is 0. The van der Waals surface area contributed by atoms with Gasteiger partial charge < -0.3 is 10.5 Å².